The maximum atomic E-state index is 12.7. The topological polar surface area (TPSA) is 52.6 Å². The zero-order valence-corrected chi connectivity index (χ0v) is 21.6. The molecule has 2 atom stereocenters. The number of ether oxygens (including phenoxy) is 2. The van der Waals surface area contributed by atoms with Crippen molar-refractivity contribution in [2.24, 2.45) is 17.8 Å². The number of unbranched alkanes of at least 4 members (excludes halogenated alkanes) is 11. The molecule has 4 nitrogen and oxygen atoms in total. The van der Waals surface area contributed by atoms with E-state index in [-0.39, 0.29) is 23.8 Å². The van der Waals surface area contributed by atoms with Crippen molar-refractivity contribution in [1.82, 2.24) is 0 Å². The highest BCUT2D eigenvalue weighted by atomic mass is 16.5. The minimum atomic E-state index is -0.296. The van der Waals surface area contributed by atoms with Gasteiger partial charge in [-0.15, -0.1) is 0 Å². The van der Waals surface area contributed by atoms with E-state index >= 15 is 0 Å². The Hall–Kier alpha value is -1.06. The lowest BCUT2D eigenvalue weighted by Crippen LogP contribution is -2.35. The third kappa shape index (κ3) is 12.3. The predicted molar refractivity (Wildman–Crippen MR) is 135 cm³/mol. The third-order valence-corrected chi connectivity index (χ3v) is 7.80. The summed E-state index contributed by atoms with van der Waals surface area (Å²) < 4.78 is 11.3. The van der Waals surface area contributed by atoms with E-state index in [0.717, 1.165) is 38.5 Å². The molecule has 0 radical (unpaired) electrons. The Morgan fingerprint density at radius 2 is 1.03 bits per heavy atom. The standard InChI is InChI=1S/C29H52O4/c1-2-3-4-5-6-7-8-9-10-11-12-18-23-32-28(30)26-21-16-17-22-27(26)29(31)33-24-25-19-14-13-15-20-25/h25-27H,2-24H2,1H3. The molecule has 4 heteroatoms. The number of rotatable bonds is 17. The maximum absolute atomic E-state index is 12.7. The fraction of sp³-hybridized carbons (Fsp3) is 0.931. The Balaban J connectivity index is 1.51. The highest BCUT2D eigenvalue weighted by molar-refractivity contribution is 5.82. The summed E-state index contributed by atoms with van der Waals surface area (Å²) in [6.07, 6.45) is 25.3. The molecule has 0 N–H and O–H groups in total. The SMILES string of the molecule is CCCCCCCCCCCCCCOC(=O)C1CCCCC1C(=O)OCC1CCCCC1. The zero-order chi connectivity index (χ0) is 23.6. The van der Waals surface area contributed by atoms with Crippen molar-refractivity contribution in [2.75, 3.05) is 13.2 Å². The van der Waals surface area contributed by atoms with Crippen LogP contribution in [0.1, 0.15) is 142 Å². The first-order valence-corrected chi connectivity index (χ1v) is 14.6. The predicted octanol–water partition coefficient (Wildman–Crippen LogP) is 8.16. The molecule has 0 heterocycles. The molecule has 0 saturated heterocycles. The number of carbonyl (C=O) groups is 2. The van der Waals surface area contributed by atoms with Crippen LogP contribution in [0.15, 0.2) is 0 Å². The second-order valence-electron chi connectivity index (χ2n) is 10.7. The smallest absolute Gasteiger partial charge is 0.309 e. The van der Waals surface area contributed by atoms with Gasteiger partial charge in [-0.3, -0.25) is 9.59 Å². The molecule has 2 rings (SSSR count). The molecule has 2 aliphatic carbocycles. The average Bonchev–Trinajstić information content (AvgIpc) is 2.86. The van der Waals surface area contributed by atoms with Crippen LogP contribution in [0.2, 0.25) is 0 Å². The van der Waals surface area contributed by atoms with Crippen LogP contribution in [0, 0.1) is 17.8 Å². The molecular formula is C29H52O4. The van der Waals surface area contributed by atoms with Crippen molar-refractivity contribution in [1.29, 1.82) is 0 Å². The van der Waals surface area contributed by atoms with Gasteiger partial charge in [-0.2, -0.15) is 0 Å². The van der Waals surface area contributed by atoms with Gasteiger partial charge in [0.05, 0.1) is 25.0 Å². The Kier molecular flexibility index (Phi) is 15.6. The van der Waals surface area contributed by atoms with Crippen LogP contribution < -0.4 is 0 Å². The molecule has 0 spiro atoms. The summed E-state index contributed by atoms with van der Waals surface area (Å²) in [6, 6.07) is 0. The monoisotopic (exact) mass is 464 g/mol. The summed E-state index contributed by atoms with van der Waals surface area (Å²) in [5.74, 6) is -0.404. The molecule has 0 bridgehead atoms. The minimum absolute atomic E-state index is 0.160. The summed E-state index contributed by atoms with van der Waals surface area (Å²) in [5.41, 5.74) is 0. The first kappa shape index (κ1) is 28.2. The maximum Gasteiger partial charge on any atom is 0.309 e. The molecule has 0 aromatic heterocycles. The quantitative estimate of drug-likeness (QED) is 0.161. The van der Waals surface area contributed by atoms with Gasteiger partial charge in [0.15, 0.2) is 0 Å². The first-order valence-electron chi connectivity index (χ1n) is 14.6. The highest BCUT2D eigenvalue weighted by Crippen LogP contribution is 2.33. The van der Waals surface area contributed by atoms with E-state index in [0.29, 0.717) is 19.1 Å². The average molecular weight is 465 g/mol. The number of esters is 2. The van der Waals surface area contributed by atoms with Crippen LogP contribution in [0.25, 0.3) is 0 Å². The van der Waals surface area contributed by atoms with Crippen molar-refractivity contribution in [3.8, 4) is 0 Å². The molecule has 192 valence electrons. The van der Waals surface area contributed by atoms with E-state index in [1.807, 2.05) is 0 Å². The minimum Gasteiger partial charge on any atom is -0.465 e. The van der Waals surface area contributed by atoms with Crippen LogP contribution in [-0.4, -0.2) is 25.2 Å². The number of hydrogen-bond donors (Lipinski definition) is 0. The summed E-state index contributed by atoms with van der Waals surface area (Å²) in [7, 11) is 0. The molecular weight excluding hydrogens is 412 g/mol. The van der Waals surface area contributed by atoms with Crippen molar-refractivity contribution in [2.45, 2.75) is 142 Å². The Labute approximate surface area is 203 Å². The molecule has 2 unspecified atom stereocenters. The molecule has 2 aliphatic rings. The van der Waals surface area contributed by atoms with Crippen LogP contribution in [-0.2, 0) is 19.1 Å². The van der Waals surface area contributed by atoms with E-state index in [1.54, 1.807) is 0 Å². The number of hydrogen-bond acceptors (Lipinski definition) is 4. The van der Waals surface area contributed by atoms with E-state index in [1.165, 1.54) is 96.3 Å². The fourth-order valence-corrected chi connectivity index (χ4v) is 5.58. The summed E-state index contributed by atoms with van der Waals surface area (Å²) in [4.78, 5) is 25.4. The van der Waals surface area contributed by atoms with Crippen LogP contribution in [0.4, 0.5) is 0 Å². The Morgan fingerprint density at radius 3 is 1.58 bits per heavy atom. The molecule has 2 fully saturated rings. The fourth-order valence-electron chi connectivity index (χ4n) is 5.58. The van der Waals surface area contributed by atoms with Gasteiger partial charge in [0, 0.05) is 0 Å². The molecule has 0 amide bonds. The van der Waals surface area contributed by atoms with Crippen molar-refractivity contribution in [3.05, 3.63) is 0 Å². The Bertz CT molecular complexity index is 512. The van der Waals surface area contributed by atoms with E-state index < -0.39 is 0 Å². The van der Waals surface area contributed by atoms with Crippen LogP contribution >= 0.6 is 0 Å². The lowest BCUT2D eigenvalue weighted by molar-refractivity contribution is -0.163. The third-order valence-electron chi connectivity index (χ3n) is 7.80. The van der Waals surface area contributed by atoms with Gasteiger partial charge in [0.25, 0.3) is 0 Å². The number of carbonyl (C=O) groups excluding carboxylic acids is 2. The van der Waals surface area contributed by atoms with E-state index in [9.17, 15) is 9.59 Å². The molecule has 0 aromatic rings. The van der Waals surface area contributed by atoms with Crippen molar-refractivity contribution in [3.63, 3.8) is 0 Å². The first-order chi connectivity index (χ1) is 16.2. The lowest BCUT2D eigenvalue weighted by Gasteiger charge is -2.29. The van der Waals surface area contributed by atoms with Gasteiger partial charge in [0.2, 0.25) is 0 Å². The molecule has 33 heavy (non-hydrogen) atoms. The van der Waals surface area contributed by atoms with Gasteiger partial charge in [0.1, 0.15) is 0 Å². The highest BCUT2D eigenvalue weighted by Gasteiger charge is 2.38. The van der Waals surface area contributed by atoms with Crippen LogP contribution in [0.3, 0.4) is 0 Å². The van der Waals surface area contributed by atoms with Gasteiger partial charge < -0.3 is 9.47 Å². The summed E-state index contributed by atoms with van der Waals surface area (Å²) >= 11 is 0. The Morgan fingerprint density at radius 1 is 0.576 bits per heavy atom. The largest absolute Gasteiger partial charge is 0.465 e. The summed E-state index contributed by atoms with van der Waals surface area (Å²) in [6.45, 7) is 3.30. The molecule has 0 aromatic carbocycles. The molecule has 0 aliphatic heterocycles. The van der Waals surface area contributed by atoms with Gasteiger partial charge in [-0.25, -0.2) is 0 Å². The van der Waals surface area contributed by atoms with Crippen molar-refractivity contribution < 1.29 is 19.1 Å². The lowest BCUT2D eigenvalue weighted by atomic mass is 9.79. The second kappa shape index (κ2) is 18.3. The zero-order valence-electron chi connectivity index (χ0n) is 21.6. The van der Waals surface area contributed by atoms with Gasteiger partial charge >= 0.3 is 11.9 Å². The van der Waals surface area contributed by atoms with Gasteiger partial charge in [-0.05, 0) is 38.0 Å². The normalized spacial score (nSPS) is 21.6. The molecule has 2 saturated carbocycles. The van der Waals surface area contributed by atoms with E-state index in [2.05, 4.69) is 6.92 Å². The second-order valence-corrected chi connectivity index (χ2v) is 10.7. The van der Waals surface area contributed by atoms with Gasteiger partial charge in [-0.1, -0.05) is 110 Å². The van der Waals surface area contributed by atoms with E-state index in [4.69, 9.17) is 9.47 Å². The van der Waals surface area contributed by atoms with Crippen LogP contribution in [0.5, 0.6) is 0 Å². The van der Waals surface area contributed by atoms with Crippen molar-refractivity contribution >= 4 is 11.9 Å². The summed E-state index contributed by atoms with van der Waals surface area (Å²) in [5, 5.41) is 0.